The van der Waals surface area contributed by atoms with Gasteiger partial charge in [0.05, 0.1) is 29.7 Å². The molecular weight excluding hydrogens is 682 g/mol. The molecule has 4 aromatic heterocycles. The Morgan fingerprint density at radius 3 is 2.04 bits per heavy atom. The molecule has 0 amide bonds. The van der Waals surface area contributed by atoms with Gasteiger partial charge >= 0.3 is 5.97 Å². The molecule has 0 radical (unpaired) electrons. The number of esters is 1. The Kier molecular flexibility index (Phi) is 8.46. The summed E-state index contributed by atoms with van der Waals surface area (Å²) in [5.41, 5.74) is 4.99. The van der Waals surface area contributed by atoms with Crippen molar-refractivity contribution in [3.05, 3.63) is 137 Å². The summed E-state index contributed by atoms with van der Waals surface area (Å²) >= 11 is 6.64. The van der Waals surface area contributed by atoms with E-state index in [1.807, 2.05) is 49.0 Å². The van der Waals surface area contributed by atoms with Crippen LogP contribution in [0, 0.1) is 17.8 Å². The molecule has 3 aliphatic carbocycles. The highest BCUT2D eigenvalue weighted by atomic mass is 35.5. The summed E-state index contributed by atoms with van der Waals surface area (Å²) in [5.74, 6) is 1.47. The number of nitrogens with zero attached hydrogens (tertiary/aromatic N) is 6. The molecule has 1 N–H and O–H groups in total. The first-order valence-corrected chi connectivity index (χ1v) is 18.8. The van der Waals surface area contributed by atoms with E-state index in [1.165, 1.54) is 0 Å². The fourth-order valence-electron chi connectivity index (χ4n) is 9.10. The van der Waals surface area contributed by atoms with Crippen molar-refractivity contribution in [3.8, 4) is 11.4 Å². The van der Waals surface area contributed by atoms with Crippen LogP contribution in [0.5, 0.6) is 0 Å². The van der Waals surface area contributed by atoms with Crippen LogP contribution in [0.2, 0.25) is 5.15 Å². The molecular formula is C43H40ClN7O2. The number of rotatable bonds is 9. The van der Waals surface area contributed by atoms with Gasteiger partial charge in [-0.3, -0.25) is 4.79 Å². The number of anilines is 1. The zero-order chi connectivity index (χ0) is 36.1. The van der Waals surface area contributed by atoms with Gasteiger partial charge in [-0.15, -0.1) is 0 Å². The number of fused-ring (bicyclic) bond motifs is 5. The highest BCUT2D eigenvalue weighted by Crippen LogP contribution is 2.48. The minimum Gasteiger partial charge on any atom is -0.466 e. The zero-order valence-electron chi connectivity index (χ0n) is 29.7. The number of nitrogens with one attached hydrogen (secondary N) is 1. The van der Waals surface area contributed by atoms with E-state index in [-0.39, 0.29) is 23.1 Å². The van der Waals surface area contributed by atoms with Gasteiger partial charge in [-0.1, -0.05) is 103 Å². The third-order valence-electron chi connectivity index (χ3n) is 11.4. The molecule has 266 valence electrons. The second-order valence-electron chi connectivity index (χ2n) is 14.3. The van der Waals surface area contributed by atoms with Crippen LogP contribution in [-0.2, 0) is 22.1 Å². The number of hydrogen-bond donors (Lipinski definition) is 1. The van der Waals surface area contributed by atoms with Gasteiger partial charge in [0.2, 0.25) is 0 Å². The molecule has 2 atom stereocenters. The van der Waals surface area contributed by atoms with Gasteiger partial charge in [0, 0.05) is 25.5 Å². The van der Waals surface area contributed by atoms with Crippen LogP contribution in [0.15, 0.2) is 116 Å². The van der Waals surface area contributed by atoms with Gasteiger partial charge in [-0.05, 0) is 67.2 Å². The van der Waals surface area contributed by atoms with E-state index in [1.54, 1.807) is 6.20 Å². The highest BCUT2D eigenvalue weighted by molar-refractivity contribution is 6.29. The Labute approximate surface area is 313 Å². The minimum absolute atomic E-state index is 0.0924. The van der Waals surface area contributed by atoms with Crippen molar-refractivity contribution >= 4 is 45.6 Å². The van der Waals surface area contributed by atoms with Crippen molar-refractivity contribution in [2.75, 3.05) is 11.9 Å². The average Bonchev–Trinajstić information content (AvgIpc) is 3.77. The number of benzene rings is 3. The van der Waals surface area contributed by atoms with E-state index < -0.39 is 5.54 Å². The standard InChI is InChI=1S/C43H40ClN7O2/c1-3-53-42(52)35-27-19-21-28(22-20-27)36(35)47-38-32-23-24-50(2)40(32)49-39(48-38)33-26-51(41-37(33)46-34(44)25-45-41)43(29-13-7-4-8-14-29,30-15-9-5-10-16-30)31-17-11-6-12-18-31/h4-18,23-28,35-36H,3,19-22H2,1-2H3,(H,47,48,49)/t27?,28?,35-,36-/m0/s1. The number of halogens is 1. The molecule has 3 aromatic carbocycles. The first kappa shape index (κ1) is 33.3. The predicted octanol–water partition coefficient (Wildman–Crippen LogP) is 8.65. The van der Waals surface area contributed by atoms with Crippen LogP contribution >= 0.6 is 11.6 Å². The van der Waals surface area contributed by atoms with Gasteiger partial charge in [-0.25, -0.2) is 19.9 Å². The van der Waals surface area contributed by atoms with Crippen LogP contribution in [0.25, 0.3) is 33.6 Å². The quantitative estimate of drug-likeness (QED) is 0.118. The summed E-state index contributed by atoms with van der Waals surface area (Å²) in [6, 6.07) is 33.4. The molecule has 53 heavy (non-hydrogen) atoms. The van der Waals surface area contributed by atoms with Gasteiger partial charge in [-0.2, -0.15) is 0 Å². The third-order valence-corrected chi connectivity index (χ3v) is 11.6. The molecule has 10 rings (SSSR count). The Morgan fingerprint density at radius 1 is 0.830 bits per heavy atom. The van der Waals surface area contributed by atoms with E-state index in [9.17, 15) is 4.79 Å². The first-order valence-electron chi connectivity index (χ1n) is 18.4. The van der Waals surface area contributed by atoms with E-state index in [2.05, 4.69) is 88.9 Å². The molecule has 3 aliphatic rings. The molecule has 3 fully saturated rings. The summed E-state index contributed by atoms with van der Waals surface area (Å²) < 4.78 is 9.84. The minimum atomic E-state index is -0.854. The maximum atomic E-state index is 13.4. The van der Waals surface area contributed by atoms with Crippen LogP contribution in [0.3, 0.4) is 0 Å². The van der Waals surface area contributed by atoms with Gasteiger partial charge < -0.3 is 19.2 Å². The smallest absolute Gasteiger partial charge is 0.311 e. The lowest BCUT2D eigenvalue weighted by Gasteiger charge is -2.47. The predicted molar refractivity (Wildman–Crippen MR) is 208 cm³/mol. The summed E-state index contributed by atoms with van der Waals surface area (Å²) in [6.07, 6.45) is 9.92. The largest absolute Gasteiger partial charge is 0.466 e. The number of aryl methyl sites for hydroxylation is 1. The first-order chi connectivity index (χ1) is 26.0. The molecule has 9 nitrogen and oxygen atoms in total. The number of aromatic nitrogens is 6. The number of ether oxygens (including phenoxy) is 1. The second kappa shape index (κ2) is 13.5. The molecule has 7 aromatic rings. The van der Waals surface area contributed by atoms with Crippen LogP contribution in [-0.4, -0.2) is 47.7 Å². The van der Waals surface area contributed by atoms with Crippen molar-refractivity contribution in [1.29, 1.82) is 0 Å². The number of carbonyl (C=O) groups excluding carboxylic acids is 1. The van der Waals surface area contributed by atoms with Crippen LogP contribution < -0.4 is 5.32 Å². The van der Waals surface area contributed by atoms with Crippen molar-refractivity contribution in [3.63, 3.8) is 0 Å². The van der Waals surface area contributed by atoms with E-state index in [0.717, 1.165) is 53.4 Å². The van der Waals surface area contributed by atoms with E-state index in [0.29, 0.717) is 46.8 Å². The Balaban J connectivity index is 1.28. The fraction of sp³-hybridized carbons (Fsp3) is 0.279. The topological polar surface area (TPSA) is 99.8 Å². The molecule has 0 unspecified atom stereocenters. The average molecular weight is 722 g/mol. The summed E-state index contributed by atoms with van der Waals surface area (Å²) in [4.78, 5) is 33.8. The Bertz CT molecular complexity index is 2330. The van der Waals surface area contributed by atoms with Crippen molar-refractivity contribution in [2.24, 2.45) is 24.8 Å². The van der Waals surface area contributed by atoms with E-state index >= 15 is 0 Å². The maximum Gasteiger partial charge on any atom is 0.311 e. The Hall–Kier alpha value is -5.54. The second-order valence-corrected chi connectivity index (χ2v) is 14.7. The molecule has 4 heterocycles. The van der Waals surface area contributed by atoms with Crippen molar-refractivity contribution in [2.45, 2.75) is 44.2 Å². The van der Waals surface area contributed by atoms with Crippen molar-refractivity contribution < 1.29 is 9.53 Å². The Morgan fingerprint density at radius 2 is 1.43 bits per heavy atom. The molecule has 3 saturated carbocycles. The van der Waals surface area contributed by atoms with Gasteiger partial charge in [0.25, 0.3) is 0 Å². The van der Waals surface area contributed by atoms with Gasteiger partial charge in [0.1, 0.15) is 27.7 Å². The third kappa shape index (κ3) is 5.48. The molecule has 0 aliphatic heterocycles. The lowest BCUT2D eigenvalue weighted by Crippen LogP contribution is -2.52. The van der Waals surface area contributed by atoms with Crippen LogP contribution in [0.1, 0.15) is 49.3 Å². The highest BCUT2D eigenvalue weighted by Gasteiger charge is 2.48. The monoisotopic (exact) mass is 721 g/mol. The SMILES string of the molecule is CCOC(=O)[C@H]1C2CCC(CC2)[C@@H]1Nc1nc(-c2cn(C(c3ccccc3)(c3ccccc3)c3ccccc3)c3ncc(Cl)nc23)nc2c1ccn2C. The number of hydrogen-bond acceptors (Lipinski definition) is 7. The zero-order valence-corrected chi connectivity index (χ0v) is 30.4. The maximum absolute atomic E-state index is 13.4. The summed E-state index contributed by atoms with van der Waals surface area (Å²) in [7, 11) is 1.98. The lowest BCUT2D eigenvalue weighted by atomic mass is 9.61. The summed E-state index contributed by atoms with van der Waals surface area (Å²) in [6.45, 7) is 2.24. The molecule has 10 heteroatoms. The molecule has 0 saturated heterocycles. The lowest BCUT2D eigenvalue weighted by molar-refractivity contribution is -0.154. The normalized spacial score (nSPS) is 19.8. The summed E-state index contributed by atoms with van der Waals surface area (Å²) in [5, 5.41) is 4.97. The molecule has 2 bridgehead atoms. The van der Waals surface area contributed by atoms with Crippen LogP contribution in [0.4, 0.5) is 5.82 Å². The fourth-order valence-corrected chi connectivity index (χ4v) is 9.24. The van der Waals surface area contributed by atoms with Gasteiger partial charge in [0.15, 0.2) is 11.5 Å². The van der Waals surface area contributed by atoms with Crippen molar-refractivity contribution in [1.82, 2.24) is 29.1 Å². The number of carbonyl (C=O) groups is 1. The molecule has 0 spiro atoms. The van der Waals surface area contributed by atoms with E-state index in [4.69, 9.17) is 36.3 Å².